The number of para-hydroxylation sites is 2. The van der Waals surface area contributed by atoms with Gasteiger partial charge in [-0.25, -0.2) is 0 Å². The first-order valence-electron chi connectivity index (χ1n) is 18.7. The molecule has 2 aromatic heterocycles. The van der Waals surface area contributed by atoms with E-state index in [0.717, 1.165) is 89.1 Å². The van der Waals surface area contributed by atoms with Gasteiger partial charge in [0.1, 0.15) is 33.8 Å². The Balaban J connectivity index is 0.989. The minimum Gasteiger partial charge on any atom is -0.456 e. The van der Waals surface area contributed by atoms with Crippen molar-refractivity contribution in [3.63, 3.8) is 0 Å². The fraction of sp³-hybridized carbons (Fsp3) is 0.0588. The first kappa shape index (κ1) is 31.5. The largest absolute Gasteiger partial charge is 0.456 e. The van der Waals surface area contributed by atoms with Gasteiger partial charge in [-0.15, -0.1) is 0 Å². The van der Waals surface area contributed by atoms with Crippen LogP contribution in [-0.2, 0) is 5.41 Å². The van der Waals surface area contributed by atoms with E-state index in [9.17, 15) is 0 Å². The maximum absolute atomic E-state index is 6.86. The van der Waals surface area contributed by atoms with Crippen LogP contribution < -0.4 is 9.64 Å². The molecule has 0 bridgehead atoms. The molecule has 0 atom stereocenters. The molecule has 4 heteroatoms. The number of anilines is 3. The zero-order valence-corrected chi connectivity index (χ0v) is 30.4. The van der Waals surface area contributed by atoms with Crippen molar-refractivity contribution >= 4 is 60.9 Å². The van der Waals surface area contributed by atoms with E-state index in [1.54, 1.807) is 0 Å². The molecular weight excluding hydrogens is 675 g/mol. The monoisotopic (exact) mass is 709 g/mol. The molecule has 0 unspecified atom stereocenters. The van der Waals surface area contributed by atoms with Crippen LogP contribution in [0.2, 0.25) is 0 Å². The van der Waals surface area contributed by atoms with Crippen LogP contribution in [0.5, 0.6) is 11.5 Å². The Labute approximate surface area is 318 Å². The summed E-state index contributed by atoms with van der Waals surface area (Å²) in [6.07, 6.45) is 0. The maximum atomic E-state index is 6.86. The van der Waals surface area contributed by atoms with E-state index in [2.05, 4.69) is 170 Å². The van der Waals surface area contributed by atoms with Crippen molar-refractivity contribution in [3.05, 3.63) is 187 Å². The molecule has 55 heavy (non-hydrogen) atoms. The number of fused-ring (bicyclic) bond motifs is 9. The molecular formula is C51H35NO3. The molecule has 0 amide bonds. The topological polar surface area (TPSA) is 38.8 Å². The van der Waals surface area contributed by atoms with Crippen molar-refractivity contribution < 1.29 is 13.6 Å². The number of hydrogen-bond donors (Lipinski definition) is 0. The highest BCUT2D eigenvalue weighted by atomic mass is 16.5. The number of rotatable bonds is 5. The van der Waals surface area contributed by atoms with E-state index in [0.29, 0.717) is 0 Å². The van der Waals surface area contributed by atoms with Gasteiger partial charge in [-0.1, -0.05) is 123 Å². The summed E-state index contributed by atoms with van der Waals surface area (Å²) in [5.41, 5.74) is 13.3. The smallest absolute Gasteiger partial charge is 0.143 e. The van der Waals surface area contributed by atoms with Crippen molar-refractivity contribution in [1.82, 2.24) is 0 Å². The Hall–Kier alpha value is -7.04. The number of ether oxygens (including phenoxy) is 1. The second kappa shape index (κ2) is 12.0. The summed E-state index contributed by atoms with van der Waals surface area (Å²) in [4.78, 5) is 2.32. The Morgan fingerprint density at radius 1 is 0.400 bits per heavy atom. The second-order valence-corrected chi connectivity index (χ2v) is 14.9. The van der Waals surface area contributed by atoms with Crippen molar-refractivity contribution in [1.29, 1.82) is 0 Å². The molecule has 0 saturated heterocycles. The van der Waals surface area contributed by atoms with E-state index in [1.807, 2.05) is 24.3 Å². The highest BCUT2D eigenvalue weighted by Crippen LogP contribution is 2.53. The van der Waals surface area contributed by atoms with Crippen LogP contribution in [0.15, 0.2) is 185 Å². The van der Waals surface area contributed by atoms with Gasteiger partial charge in [0.05, 0.1) is 5.39 Å². The maximum Gasteiger partial charge on any atom is 0.143 e. The summed E-state index contributed by atoms with van der Waals surface area (Å²) in [6, 6.07) is 61.9. The van der Waals surface area contributed by atoms with Gasteiger partial charge in [0.2, 0.25) is 0 Å². The Morgan fingerprint density at radius 2 is 0.927 bits per heavy atom. The number of hydrogen-bond acceptors (Lipinski definition) is 4. The predicted octanol–water partition coefficient (Wildman–Crippen LogP) is 14.7. The van der Waals surface area contributed by atoms with Crippen molar-refractivity contribution in [2.45, 2.75) is 19.3 Å². The van der Waals surface area contributed by atoms with Crippen LogP contribution in [0.25, 0.3) is 66.1 Å². The zero-order chi connectivity index (χ0) is 36.7. The van der Waals surface area contributed by atoms with E-state index < -0.39 is 0 Å². The first-order chi connectivity index (χ1) is 27.0. The van der Waals surface area contributed by atoms with Crippen LogP contribution >= 0.6 is 0 Å². The van der Waals surface area contributed by atoms with Gasteiger partial charge in [-0.2, -0.15) is 0 Å². The van der Waals surface area contributed by atoms with Gasteiger partial charge in [0.15, 0.2) is 0 Å². The molecule has 4 nitrogen and oxygen atoms in total. The number of nitrogens with zero attached hydrogens (tertiary/aromatic N) is 1. The molecule has 10 aromatic rings. The quantitative estimate of drug-likeness (QED) is 0.178. The summed E-state index contributed by atoms with van der Waals surface area (Å²) in [7, 11) is 0. The standard InChI is InChI=1S/C51H35NO3/c1-51(2)42-26-20-35(30-48(42)55-50-43(51)27-29-47-49(50)40-13-7-9-15-45(40)54-47)34-18-23-37(24-19-34)52(36-21-16-33(17-22-36)32-10-4-3-5-11-32)38-25-28-46-41(31-38)39-12-6-8-14-44(39)53-46/h3-31H,1-2H3. The molecule has 0 N–H and O–H groups in total. The number of benzene rings is 8. The average Bonchev–Trinajstić information content (AvgIpc) is 3.80. The van der Waals surface area contributed by atoms with Gasteiger partial charge in [0, 0.05) is 49.8 Å². The van der Waals surface area contributed by atoms with Gasteiger partial charge in [-0.05, 0) is 89.0 Å². The van der Waals surface area contributed by atoms with Gasteiger partial charge in [-0.3, -0.25) is 0 Å². The highest BCUT2D eigenvalue weighted by Gasteiger charge is 2.36. The van der Waals surface area contributed by atoms with Crippen molar-refractivity contribution in [2.75, 3.05) is 4.90 Å². The van der Waals surface area contributed by atoms with Crippen molar-refractivity contribution in [2.24, 2.45) is 0 Å². The molecule has 11 rings (SSSR count). The van der Waals surface area contributed by atoms with Crippen LogP contribution in [0.4, 0.5) is 17.1 Å². The van der Waals surface area contributed by atoms with E-state index in [4.69, 9.17) is 13.6 Å². The molecule has 3 heterocycles. The van der Waals surface area contributed by atoms with E-state index >= 15 is 0 Å². The predicted molar refractivity (Wildman–Crippen MR) is 225 cm³/mol. The van der Waals surface area contributed by atoms with Crippen molar-refractivity contribution in [3.8, 4) is 33.8 Å². The summed E-state index contributed by atoms with van der Waals surface area (Å²) in [5.74, 6) is 1.75. The third kappa shape index (κ3) is 4.99. The summed E-state index contributed by atoms with van der Waals surface area (Å²) in [5, 5.41) is 4.30. The highest BCUT2D eigenvalue weighted by molar-refractivity contribution is 6.09. The molecule has 262 valence electrons. The Kier molecular flexibility index (Phi) is 6.86. The Morgan fingerprint density at radius 3 is 1.67 bits per heavy atom. The zero-order valence-electron chi connectivity index (χ0n) is 30.4. The molecule has 1 aliphatic heterocycles. The molecule has 0 aliphatic carbocycles. The fourth-order valence-electron chi connectivity index (χ4n) is 8.48. The minimum atomic E-state index is -0.254. The van der Waals surface area contributed by atoms with Crippen LogP contribution in [-0.4, -0.2) is 0 Å². The molecule has 0 saturated carbocycles. The summed E-state index contributed by atoms with van der Waals surface area (Å²) in [6.45, 7) is 4.56. The first-order valence-corrected chi connectivity index (χ1v) is 18.7. The summed E-state index contributed by atoms with van der Waals surface area (Å²) < 4.78 is 19.3. The summed E-state index contributed by atoms with van der Waals surface area (Å²) >= 11 is 0. The fourth-order valence-corrected chi connectivity index (χ4v) is 8.48. The van der Waals surface area contributed by atoms with Crippen LogP contribution in [0, 0.1) is 0 Å². The lowest BCUT2D eigenvalue weighted by Crippen LogP contribution is -2.24. The van der Waals surface area contributed by atoms with E-state index in [1.165, 1.54) is 16.7 Å². The molecule has 1 aliphatic rings. The Bertz CT molecular complexity index is 3080. The molecule has 8 aromatic carbocycles. The SMILES string of the molecule is CC1(C)c2ccc(-c3ccc(N(c4ccc(-c5ccccc5)cc4)c4ccc5oc6ccccc6c5c4)cc3)cc2Oc2c1ccc1oc3ccccc3c21. The number of furan rings is 2. The van der Waals surface area contributed by atoms with Gasteiger partial charge in [0.25, 0.3) is 0 Å². The van der Waals surface area contributed by atoms with Crippen LogP contribution in [0.1, 0.15) is 25.0 Å². The molecule has 0 spiro atoms. The lowest BCUT2D eigenvalue weighted by atomic mass is 9.75. The third-order valence-electron chi connectivity index (χ3n) is 11.3. The van der Waals surface area contributed by atoms with Gasteiger partial charge >= 0.3 is 0 Å². The lowest BCUT2D eigenvalue weighted by molar-refractivity contribution is 0.423. The average molecular weight is 710 g/mol. The minimum absolute atomic E-state index is 0.254. The molecule has 0 radical (unpaired) electrons. The van der Waals surface area contributed by atoms with E-state index in [-0.39, 0.29) is 5.41 Å². The normalized spacial score (nSPS) is 13.2. The lowest BCUT2D eigenvalue weighted by Gasteiger charge is -2.35. The van der Waals surface area contributed by atoms with Crippen LogP contribution in [0.3, 0.4) is 0 Å². The third-order valence-corrected chi connectivity index (χ3v) is 11.3. The second-order valence-electron chi connectivity index (χ2n) is 14.9. The van der Waals surface area contributed by atoms with Gasteiger partial charge < -0.3 is 18.5 Å². The molecule has 0 fully saturated rings.